The summed E-state index contributed by atoms with van der Waals surface area (Å²) in [7, 11) is 0. The smallest absolute Gasteiger partial charge is 0.326 e. The number of rotatable bonds is 26. The van der Waals surface area contributed by atoms with Crippen molar-refractivity contribution in [2.24, 2.45) is 27.8 Å². The van der Waals surface area contributed by atoms with E-state index in [4.69, 9.17) is 11.5 Å². The van der Waals surface area contributed by atoms with Crippen LogP contribution < -0.4 is 43.4 Å². The highest BCUT2D eigenvalue weighted by atomic mass is 16.4. The highest BCUT2D eigenvalue weighted by Gasteiger charge is 2.41. The van der Waals surface area contributed by atoms with Crippen LogP contribution in [0.25, 0.3) is 10.9 Å². The molecule has 0 spiro atoms. The maximum absolute atomic E-state index is 14.7. The zero-order chi connectivity index (χ0) is 50.8. The van der Waals surface area contributed by atoms with Crippen molar-refractivity contribution in [2.75, 3.05) is 19.6 Å². The van der Waals surface area contributed by atoms with Gasteiger partial charge in [0.2, 0.25) is 29.5 Å². The molecule has 0 radical (unpaired) electrons. The fourth-order valence-electron chi connectivity index (χ4n) is 8.28. The fourth-order valence-corrected chi connectivity index (χ4v) is 8.28. The Morgan fingerprint density at radius 3 is 2.14 bits per heavy atom. The third-order valence-electron chi connectivity index (χ3n) is 11.9. The monoisotopic (exact) mass is 959 g/mol. The Morgan fingerprint density at radius 2 is 1.49 bits per heavy atom. The van der Waals surface area contributed by atoms with Gasteiger partial charge in [-0.15, -0.1) is 0 Å². The maximum Gasteiger partial charge on any atom is 0.326 e. The summed E-state index contributed by atoms with van der Waals surface area (Å²) in [5, 5.41) is 28.1. The first kappa shape index (κ1) is 55.0. The number of carboxylic acids is 1. The predicted octanol–water partition coefficient (Wildman–Crippen LogP) is 2.23. The van der Waals surface area contributed by atoms with Crippen molar-refractivity contribution in [3.05, 3.63) is 66.1 Å². The number of benzene rings is 1. The van der Waals surface area contributed by atoms with Crippen LogP contribution in [-0.4, -0.2) is 129 Å². The van der Waals surface area contributed by atoms with Crippen LogP contribution in [0.4, 0.5) is 0 Å². The van der Waals surface area contributed by atoms with Gasteiger partial charge >= 0.3 is 5.97 Å². The molecule has 1 fully saturated rings. The van der Waals surface area contributed by atoms with E-state index in [0.717, 1.165) is 17.3 Å². The Morgan fingerprint density at radius 1 is 0.826 bits per heavy atom. The first-order valence-corrected chi connectivity index (χ1v) is 24.0. The van der Waals surface area contributed by atoms with Crippen LogP contribution in [0, 0.1) is 11.3 Å². The van der Waals surface area contributed by atoms with E-state index in [-0.39, 0.29) is 69.5 Å². The standard InChI is InChI=1S/C49H74N12O8/c1-29(2)26-38(47(68)69)59-45(66)40(49(5,6)7)60-43(64)37(27-32-28-55-34-15-9-8-14-33(32)34)58-44(65)39-18-13-25-61(39)46(67)36(17-12-22-54-48(50)51)57-42(63)35(16-10-11-21-53-30(3)4)56-41(62)31-19-23-52-24-20-31/h8-9,14-15,19-20,23-24,28-30,35-40,53,55H,10-13,16-18,21-22,25-27H2,1-7H3,(H,56,62)(H,57,63)(H,58,65)(H,59,66)(H,60,64)(H,68,69)(H4,50,51,54)/t35-,36-,37-,38-,39-,40+/m0/s1. The number of amides is 6. The lowest BCUT2D eigenvalue weighted by Crippen LogP contribution is -2.61. The van der Waals surface area contributed by atoms with E-state index in [9.17, 15) is 38.7 Å². The second-order valence-corrected chi connectivity index (χ2v) is 19.5. The molecular weight excluding hydrogens is 885 g/mol. The van der Waals surface area contributed by atoms with Gasteiger partial charge in [0.05, 0.1) is 0 Å². The minimum atomic E-state index is -1.26. The van der Waals surface area contributed by atoms with Gasteiger partial charge in [-0.25, -0.2) is 4.79 Å². The van der Waals surface area contributed by atoms with Gasteiger partial charge in [0.25, 0.3) is 5.91 Å². The van der Waals surface area contributed by atoms with Crippen molar-refractivity contribution in [2.45, 2.75) is 149 Å². The summed E-state index contributed by atoms with van der Waals surface area (Å²) in [6.07, 6.45) is 7.52. The zero-order valence-corrected chi connectivity index (χ0v) is 41.1. The van der Waals surface area contributed by atoms with E-state index in [1.165, 1.54) is 29.4 Å². The van der Waals surface area contributed by atoms with Gasteiger partial charge in [-0.2, -0.15) is 0 Å². The molecule has 1 saturated heterocycles. The van der Waals surface area contributed by atoms with Crippen molar-refractivity contribution >= 4 is 58.3 Å². The van der Waals surface area contributed by atoms with Crippen LogP contribution in [-0.2, 0) is 35.2 Å². The van der Waals surface area contributed by atoms with Crippen LogP contribution in [0.15, 0.2) is 60.0 Å². The molecule has 20 heteroatoms. The second kappa shape index (κ2) is 26.3. The van der Waals surface area contributed by atoms with Gasteiger partial charge in [0.15, 0.2) is 5.96 Å². The molecule has 20 nitrogen and oxygen atoms in total. The quantitative estimate of drug-likeness (QED) is 0.0315. The highest BCUT2D eigenvalue weighted by molar-refractivity contribution is 5.99. The molecule has 3 aromatic rings. The summed E-state index contributed by atoms with van der Waals surface area (Å²) >= 11 is 0. The summed E-state index contributed by atoms with van der Waals surface area (Å²) in [5.74, 6) is -5.00. The summed E-state index contributed by atoms with van der Waals surface area (Å²) < 4.78 is 0. The Balaban J connectivity index is 1.61. The molecule has 1 aromatic carbocycles. The number of carbonyl (C=O) groups excluding carboxylic acids is 6. The molecule has 0 unspecified atom stereocenters. The number of pyridine rings is 1. The molecule has 378 valence electrons. The molecular formula is C49H74N12O8. The van der Waals surface area contributed by atoms with Crippen molar-refractivity contribution in [1.29, 1.82) is 0 Å². The minimum Gasteiger partial charge on any atom is -0.480 e. The number of carbonyl (C=O) groups is 7. The number of fused-ring (bicyclic) bond motifs is 1. The van der Waals surface area contributed by atoms with Crippen molar-refractivity contribution in [1.82, 2.24) is 46.8 Å². The van der Waals surface area contributed by atoms with Gasteiger partial charge in [-0.1, -0.05) is 66.7 Å². The van der Waals surface area contributed by atoms with E-state index < -0.39 is 83.1 Å². The molecule has 1 aliphatic heterocycles. The average molecular weight is 959 g/mol. The number of aromatic amines is 1. The number of aliphatic carboxylic acids is 1. The van der Waals surface area contributed by atoms with Gasteiger partial charge in [0, 0.05) is 60.6 Å². The van der Waals surface area contributed by atoms with E-state index in [1.54, 1.807) is 27.0 Å². The number of guanidine groups is 1. The lowest BCUT2D eigenvalue weighted by Gasteiger charge is -2.33. The van der Waals surface area contributed by atoms with Crippen LogP contribution in [0.3, 0.4) is 0 Å². The Bertz CT molecular complexity index is 2240. The van der Waals surface area contributed by atoms with E-state index in [0.29, 0.717) is 30.5 Å². The molecule has 0 saturated carbocycles. The predicted molar refractivity (Wildman–Crippen MR) is 263 cm³/mol. The number of H-pyrrole nitrogens is 1. The second-order valence-electron chi connectivity index (χ2n) is 19.5. The first-order valence-electron chi connectivity index (χ1n) is 24.0. The Kier molecular flexibility index (Phi) is 20.9. The normalized spacial score (nSPS) is 16.0. The topological polar surface area (TPSA) is 308 Å². The van der Waals surface area contributed by atoms with Gasteiger partial charge in [-0.05, 0) is 93.0 Å². The Hall–Kier alpha value is -6.57. The number of para-hydroxylation sites is 1. The molecule has 3 heterocycles. The number of hydrogen-bond acceptors (Lipinski definition) is 10. The molecule has 4 rings (SSSR count). The lowest BCUT2D eigenvalue weighted by molar-refractivity contribution is -0.143. The zero-order valence-electron chi connectivity index (χ0n) is 41.1. The van der Waals surface area contributed by atoms with Crippen molar-refractivity contribution in [3.63, 3.8) is 0 Å². The number of likely N-dealkylation sites (tertiary alicyclic amines) is 1. The molecule has 6 atom stereocenters. The van der Waals surface area contributed by atoms with Gasteiger partial charge in [0.1, 0.15) is 36.3 Å². The number of aliphatic imine (C=N–C) groups is 1. The molecule has 6 amide bonds. The largest absolute Gasteiger partial charge is 0.480 e. The summed E-state index contributed by atoms with van der Waals surface area (Å²) in [6, 6.07) is 3.94. The number of carboxylic acid groups (broad SMARTS) is 1. The van der Waals surface area contributed by atoms with Gasteiger partial charge in [-0.3, -0.25) is 38.7 Å². The number of nitrogens with one attached hydrogen (secondary N) is 7. The van der Waals surface area contributed by atoms with Gasteiger partial charge < -0.3 is 58.4 Å². The molecule has 2 aromatic heterocycles. The first-order chi connectivity index (χ1) is 32.7. The average Bonchev–Trinajstić information content (AvgIpc) is 3.95. The van der Waals surface area contributed by atoms with E-state index in [2.05, 4.69) is 46.9 Å². The SMILES string of the molecule is CC(C)C[C@H](NC(=O)[C@@H](NC(=O)[C@H](Cc1c[nH]c2ccccc12)NC(=O)[C@@H]1CCCN1C(=O)[C@H](CCCN=C(N)N)NC(=O)[C@H](CCCCNC(C)C)NC(=O)c1ccncc1)C(C)(C)C)C(=O)O. The van der Waals surface area contributed by atoms with Crippen LogP contribution in [0.1, 0.15) is 116 Å². The van der Waals surface area contributed by atoms with E-state index in [1.807, 2.05) is 52.0 Å². The number of nitrogens with two attached hydrogens (primary N) is 2. The Labute approximate surface area is 404 Å². The minimum absolute atomic E-state index is 0.00452. The summed E-state index contributed by atoms with van der Waals surface area (Å²) in [4.78, 5) is 110. The molecule has 1 aliphatic rings. The summed E-state index contributed by atoms with van der Waals surface area (Å²) in [6.45, 7) is 14.0. The molecule has 12 N–H and O–H groups in total. The van der Waals surface area contributed by atoms with E-state index >= 15 is 0 Å². The number of unbranched alkanes of at least 4 members (excludes halogenated alkanes) is 1. The van der Waals surface area contributed by atoms with Crippen LogP contribution in [0.5, 0.6) is 0 Å². The third-order valence-corrected chi connectivity index (χ3v) is 11.9. The number of nitrogens with zero attached hydrogens (tertiary/aromatic N) is 3. The van der Waals surface area contributed by atoms with Crippen LogP contribution in [0.2, 0.25) is 0 Å². The molecule has 0 aliphatic carbocycles. The highest BCUT2D eigenvalue weighted by Crippen LogP contribution is 2.24. The third kappa shape index (κ3) is 17.2. The lowest BCUT2D eigenvalue weighted by atomic mass is 9.85. The fraction of sp³-hybridized carbons (Fsp3) is 0.571. The molecule has 0 bridgehead atoms. The molecule has 69 heavy (non-hydrogen) atoms. The van der Waals surface area contributed by atoms with Crippen molar-refractivity contribution < 1.29 is 38.7 Å². The summed E-state index contributed by atoms with van der Waals surface area (Å²) in [5.41, 5.74) is 12.1. The number of aromatic nitrogens is 2. The maximum atomic E-state index is 14.7. The van der Waals surface area contributed by atoms with Crippen LogP contribution >= 0.6 is 0 Å². The number of hydrogen-bond donors (Lipinski definition) is 10. The van der Waals surface area contributed by atoms with Crippen molar-refractivity contribution in [3.8, 4) is 0 Å².